The summed E-state index contributed by atoms with van der Waals surface area (Å²) in [6, 6.07) is 4.93. The Balaban J connectivity index is 2.85. The van der Waals surface area contributed by atoms with Crippen molar-refractivity contribution in [2.24, 2.45) is 5.92 Å². The number of nitrogens with two attached hydrogens (primary N) is 1. The Morgan fingerprint density at radius 1 is 1.24 bits per heavy atom. The first-order chi connectivity index (χ1) is 8.12. The first-order valence-electron chi connectivity index (χ1n) is 6.42. The van der Waals surface area contributed by atoms with Crippen molar-refractivity contribution in [3.63, 3.8) is 0 Å². The van der Waals surface area contributed by atoms with Crippen LogP contribution in [-0.2, 0) is 0 Å². The van der Waals surface area contributed by atoms with Crippen molar-refractivity contribution < 1.29 is 4.39 Å². The zero-order valence-electron chi connectivity index (χ0n) is 11.0. The maximum atomic E-state index is 13.8. The van der Waals surface area contributed by atoms with Crippen molar-refractivity contribution >= 4 is 11.4 Å². The quantitative estimate of drug-likeness (QED) is 0.766. The van der Waals surface area contributed by atoms with E-state index in [0.29, 0.717) is 17.3 Å². The standard InChI is InChI=1S/C14H23FN2/c1-4-11(5-2)10-17(6-3)14-8-7-12(16)9-13(14)15/h7-9,11H,4-6,10,16H2,1-3H3. The predicted molar refractivity (Wildman–Crippen MR) is 72.8 cm³/mol. The third-order valence-corrected chi connectivity index (χ3v) is 3.33. The lowest BCUT2D eigenvalue weighted by molar-refractivity contribution is 0.482. The number of hydrogen-bond donors (Lipinski definition) is 1. The molecule has 1 aromatic rings. The molecule has 96 valence electrons. The highest BCUT2D eigenvalue weighted by molar-refractivity contribution is 5.54. The molecule has 0 fully saturated rings. The van der Waals surface area contributed by atoms with Gasteiger partial charge in [0.1, 0.15) is 5.82 Å². The van der Waals surface area contributed by atoms with Crippen molar-refractivity contribution in [2.75, 3.05) is 23.7 Å². The van der Waals surface area contributed by atoms with Crippen molar-refractivity contribution in [3.05, 3.63) is 24.0 Å². The topological polar surface area (TPSA) is 29.3 Å². The Morgan fingerprint density at radius 2 is 1.88 bits per heavy atom. The van der Waals surface area contributed by atoms with Crippen LogP contribution in [0, 0.1) is 11.7 Å². The molecule has 0 aliphatic carbocycles. The Bertz CT molecular complexity index is 348. The molecule has 0 amide bonds. The molecule has 0 aliphatic heterocycles. The molecule has 3 heteroatoms. The summed E-state index contributed by atoms with van der Waals surface area (Å²) < 4.78 is 13.8. The summed E-state index contributed by atoms with van der Waals surface area (Å²) in [5.74, 6) is 0.393. The van der Waals surface area contributed by atoms with Crippen LogP contribution in [-0.4, -0.2) is 13.1 Å². The number of anilines is 2. The van der Waals surface area contributed by atoms with Crippen molar-refractivity contribution in [1.82, 2.24) is 0 Å². The number of nitrogen functional groups attached to an aromatic ring is 1. The molecule has 17 heavy (non-hydrogen) atoms. The van der Waals surface area contributed by atoms with E-state index in [1.807, 2.05) is 0 Å². The van der Waals surface area contributed by atoms with Crippen LogP contribution in [0.5, 0.6) is 0 Å². The maximum absolute atomic E-state index is 13.8. The Kier molecular flexibility index (Phi) is 5.26. The predicted octanol–water partition coefficient (Wildman–Crippen LogP) is 3.67. The summed E-state index contributed by atoms with van der Waals surface area (Å²) >= 11 is 0. The fraction of sp³-hybridized carbons (Fsp3) is 0.571. The van der Waals surface area contributed by atoms with Crippen molar-refractivity contribution in [3.8, 4) is 0 Å². The molecule has 0 heterocycles. The summed E-state index contributed by atoms with van der Waals surface area (Å²) in [6.45, 7) is 8.14. The van der Waals surface area contributed by atoms with E-state index in [9.17, 15) is 4.39 Å². The smallest absolute Gasteiger partial charge is 0.148 e. The van der Waals surface area contributed by atoms with Gasteiger partial charge in [-0.3, -0.25) is 0 Å². The number of halogens is 1. The van der Waals surface area contributed by atoms with Crippen molar-refractivity contribution in [1.29, 1.82) is 0 Å². The van der Waals surface area contributed by atoms with Gasteiger partial charge in [-0.05, 0) is 31.0 Å². The molecule has 0 aromatic heterocycles. The van der Waals surface area contributed by atoms with Gasteiger partial charge in [-0.15, -0.1) is 0 Å². The van der Waals surface area contributed by atoms with E-state index in [1.165, 1.54) is 6.07 Å². The molecule has 0 bridgehead atoms. The van der Waals surface area contributed by atoms with Gasteiger partial charge < -0.3 is 10.6 Å². The molecule has 2 N–H and O–H groups in total. The average molecular weight is 238 g/mol. The molecule has 0 unspecified atom stereocenters. The molecular weight excluding hydrogens is 215 g/mol. The second-order valence-electron chi connectivity index (χ2n) is 4.43. The van der Waals surface area contributed by atoms with E-state index >= 15 is 0 Å². The highest BCUT2D eigenvalue weighted by Crippen LogP contribution is 2.23. The van der Waals surface area contributed by atoms with Gasteiger partial charge in [-0.25, -0.2) is 4.39 Å². The van der Waals surface area contributed by atoms with Gasteiger partial charge in [0, 0.05) is 18.8 Å². The van der Waals surface area contributed by atoms with E-state index < -0.39 is 0 Å². The molecule has 0 saturated heterocycles. The minimum Gasteiger partial charge on any atom is -0.399 e. The van der Waals surface area contributed by atoms with E-state index in [1.54, 1.807) is 12.1 Å². The molecule has 0 aliphatic rings. The number of benzene rings is 1. The van der Waals surface area contributed by atoms with Crippen LogP contribution in [0.3, 0.4) is 0 Å². The van der Waals surface area contributed by atoms with Crippen LogP contribution >= 0.6 is 0 Å². The van der Waals surface area contributed by atoms with E-state index in [4.69, 9.17) is 5.73 Å². The second-order valence-corrected chi connectivity index (χ2v) is 4.43. The van der Waals surface area contributed by atoms with Crippen LogP contribution in [0.4, 0.5) is 15.8 Å². The summed E-state index contributed by atoms with van der Waals surface area (Å²) in [6.07, 6.45) is 2.26. The summed E-state index contributed by atoms with van der Waals surface area (Å²) in [5.41, 5.74) is 6.70. The fourth-order valence-electron chi connectivity index (χ4n) is 2.04. The summed E-state index contributed by atoms with van der Waals surface area (Å²) in [5, 5.41) is 0. The van der Waals surface area contributed by atoms with Crippen LogP contribution in [0.25, 0.3) is 0 Å². The molecule has 1 aromatic carbocycles. The van der Waals surface area contributed by atoms with Gasteiger partial charge in [0.2, 0.25) is 0 Å². The van der Waals surface area contributed by atoms with Crippen LogP contribution in [0.15, 0.2) is 18.2 Å². The molecule has 2 nitrogen and oxygen atoms in total. The highest BCUT2D eigenvalue weighted by atomic mass is 19.1. The Morgan fingerprint density at radius 3 is 2.35 bits per heavy atom. The zero-order valence-corrected chi connectivity index (χ0v) is 11.0. The maximum Gasteiger partial charge on any atom is 0.148 e. The first-order valence-corrected chi connectivity index (χ1v) is 6.42. The Labute approximate surface area is 104 Å². The van der Waals surface area contributed by atoms with Gasteiger partial charge in [-0.1, -0.05) is 26.7 Å². The zero-order chi connectivity index (χ0) is 12.8. The number of nitrogens with zero attached hydrogens (tertiary/aromatic N) is 1. The Hall–Kier alpha value is -1.25. The fourth-order valence-corrected chi connectivity index (χ4v) is 2.04. The van der Waals surface area contributed by atoms with E-state index in [0.717, 1.165) is 25.9 Å². The number of hydrogen-bond acceptors (Lipinski definition) is 2. The second kappa shape index (κ2) is 6.48. The van der Waals surface area contributed by atoms with E-state index in [2.05, 4.69) is 25.7 Å². The van der Waals surface area contributed by atoms with Crippen LogP contribution in [0.1, 0.15) is 33.6 Å². The van der Waals surface area contributed by atoms with Crippen LogP contribution < -0.4 is 10.6 Å². The lowest BCUT2D eigenvalue weighted by atomic mass is 10.0. The molecule has 0 atom stereocenters. The normalized spacial score (nSPS) is 10.9. The van der Waals surface area contributed by atoms with Gasteiger partial charge in [0.05, 0.1) is 5.69 Å². The van der Waals surface area contributed by atoms with Gasteiger partial charge in [-0.2, -0.15) is 0 Å². The SMILES string of the molecule is CCC(CC)CN(CC)c1ccc(N)cc1F. The number of rotatable bonds is 6. The molecule has 0 saturated carbocycles. The third-order valence-electron chi connectivity index (χ3n) is 3.33. The van der Waals surface area contributed by atoms with Gasteiger partial charge in [0.15, 0.2) is 0 Å². The monoisotopic (exact) mass is 238 g/mol. The summed E-state index contributed by atoms with van der Waals surface area (Å²) in [4.78, 5) is 2.09. The molecule has 1 rings (SSSR count). The van der Waals surface area contributed by atoms with Crippen LogP contribution in [0.2, 0.25) is 0 Å². The summed E-state index contributed by atoms with van der Waals surface area (Å²) in [7, 11) is 0. The van der Waals surface area contributed by atoms with Gasteiger partial charge >= 0.3 is 0 Å². The first kappa shape index (κ1) is 13.8. The lowest BCUT2D eigenvalue weighted by Crippen LogP contribution is -2.29. The lowest BCUT2D eigenvalue weighted by Gasteiger charge is -2.27. The van der Waals surface area contributed by atoms with E-state index in [-0.39, 0.29) is 5.82 Å². The molecule has 0 radical (unpaired) electrons. The highest BCUT2D eigenvalue weighted by Gasteiger charge is 2.14. The minimum atomic E-state index is -0.224. The minimum absolute atomic E-state index is 0.224. The molecular formula is C14H23FN2. The van der Waals surface area contributed by atoms with Crippen molar-refractivity contribution in [2.45, 2.75) is 33.6 Å². The van der Waals surface area contributed by atoms with Gasteiger partial charge in [0.25, 0.3) is 0 Å². The largest absolute Gasteiger partial charge is 0.399 e. The molecule has 0 spiro atoms. The average Bonchev–Trinajstić information content (AvgIpc) is 2.32. The third kappa shape index (κ3) is 3.62.